The second-order valence-electron chi connectivity index (χ2n) is 3.62. The SMILES string of the molecule is Cc1nc(C)c(COc2ncc(F)c(C)n2)s1. The molecule has 0 atom stereocenters. The van der Waals surface area contributed by atoms with Gasteiger partial charge in [-0.05, 0) is 20.8 Å². The predicted octanol–water partition coefficient (Wildman–Crippen LogP) is 2.58. The number of thiazole rings is 1. The highest BCUT2D eigenvalue weighted by atomic mass is 32.1. The van der Waals surface area contributed by atoms with E-state index >= 15 is 0 Å². The number of ether oxygens (including phenoxy) is 1. The van der Waals surface area contributed by atoms with Crippen LogP contribution in [0.15, 0.2) is 6.20 Å². The second-order valence-corrected chi connectivity index (χ2v) is 4.90. The van der Waals surface area contributed by atoms with Gasteiger partial charge in [0.15, 0.2) is 5.82 Å². The van der Waals surface area contributed by atoms with E-state index in [4.69, 9.17) is 4.74 Å². The van der Waals surface area contributed by atoms with Gasteiger partial charge in [-0.3, -0.25) is 0 Å². The van der Waals surface area contributed by atoms with Gasteiger partial charge in [0.25, 0.3) is 0 Å². The highest BCUT2D eigenvalue weighted by Crippen LogP contribution is 2.18. The van der Waals surface area contributed by atoms with Crippen molar-refractivity contribution in [1.82, 2.24) is 15.0 Å². The molecule has 0 unspecified atom stereocenters. The molecule has 0 aliphatic heterocycles. The van der Waals surface area contributed by atoms with E-state index in [1.54, 1.807) is 18.3 Å². The van der Waals surface area contributed by atoms with Gasteiger partial charge < -0.3 is 4.74 Å². The summed E-state index contributed by atoms with van der Waals surface area (Å²) in [5, 5.41) is 0.998. The van der Waals surface area contributed by atoms with Crippen LogP contribution in [-0.2, 0) is 6.61 Å². The van der Waals surface area contributed by atoms with Crippen LogP contribution in [0.3, 0.4) is 0 Å². The van der Waals surface area contributed by atoms with Crippen molar-refractivity contribution in [2.75, 3.05) is 0 Å². The summed E-state index contributed by atoms with van der Waals surface area (Å²) < 4.78 is 18.3. The van der Waals surface area contributed by atoms with E-state index in [2.05, 4.69) is 15.0 Å². The van der Waals surface area contributed by atoms with Crippen LogP contribution in [-0.4, -0.2) is 15.0 Å². The van der Waals surface area contributed by atoms with Crippen LogP contribution in [0.25, 0.3) is 0 Å². The lowest BCUT2D eigenvalue weighted by molar-refractivity contribution is 0.280. The fourth-order valence-corrected chi connectivity index (χ4v) is 2.19. The van der Waals surface area contributed by atoms with E-state index in [0.717, 1.165) is 21.8 Å². The van der Waals surface area contributed by atoms with E-state index in [0.29, 0.717) is 6.61 Å². The molecule has 2 aromatic heterocycles. The third kappa shape index (κ3) is 2.76. The first-order valence-corrected chi connectivity index (χ1v) is 5.92. The van der Waals surface area contributed by atoms with Crippen molar-refractivity contribution in [2.24, 2.45) is 0 Å². The molecule has 0 saturated carbocycles. The van der Waals surface area contributed by atoms with Crippen LogP contribution < -0.4 is 4.74 Å². The summed E-state index contributed by atoms with van der Waals surface area (Å²) in [6, 6.07) is 0.189. The Morgan fingerprint density at radius 2 is 2.00 bits per heavy atom. The highest BCUT2D eigenvalue weighted by molar-refractivity contribution is 7.11. The molecule has 2 aromatic rings. The second kappa shape index (κ2) is 4.75. The molecule has 0 fully saturated rings. The van der Waals surface area contributed by atoms with Crippen molar-refractivity contribution in [3.05, 3.63) is 33.3 Å². The Balaban J connectivity index is 2.07. The molecule has 0 saturated heterocycles. The number of nitrogens with zero attached hydrogens (tertiary/aromatic N) is 3. The first kappa shape index (κ1) is 11.9. The summed E-state index contributed by atoms with van der Waals surface area (Å²) >= 11 is 1.58. The van der Waals surface area contributed by atoms with Crippen molar-refractivity contribution in [2.45, 2.75) is 27.4 Å². The average Bonchev–Trinajstić information content (AvgIpc) is 2.59. The summed E-state index contributed by atoms with van der Waals surface area (Å²) in [5.41, 5.74) is 1.23. The molecule has 17 heavy (non-hydrogen) atoms. The van der Waals surface area contributed by atoms with Crippen molar-refractivity contribution in [3.63, 3.8) is 0 Å². The number of rotatable bonds is 3. The fraction of sp³-hybridized carbons (Fsp3) is 0.364. The van der Waals surface area contributed by atoms with Gasteiger partial charge >= 0.3 is 6.01 Å². The number of aryl methyl sites for hydroxylation is 3. The molecule has 0 bridgehead atoms. The molecular formula is C11H12FN3OS. The predicted molar refractivity (Wildman–Crippen MR) is 62.6 cm³/mol. The number of aromatic nitrogens is 3. The van der Waals surface area contributed by atoms with Crippen molar-refractivity contribution in [1.29, 1.82) is 0 Å². The van der Waals surface area contributed by atoms with E-state index < -0.39 is 5.82 Å². The average molecular weight is 253 g/mol. The van der Waals surface area contributed by atoms with Gasteiger partial charge in [0.05, 0.1) is 27.5 Å². The maximum atomic E-state index is 12.9. The highest BCUT2D eigenvalue weighted by Gasteiger charge is 2.08. The van der Waals surface area contributed by atoms with Gasteiger partial charge in [-0.1, -0.05) is 0 Å². The zero-order valence-electron chi connectivity index (χ0n) is 9.82. The zero-order chi connectivity index (χ0) is 12.4. The van der Waals surface area contributed by atoms with E-state index in [1.807, 2.05) is 13.8 Å². The first-order valence-electron chi connectivity index (χ1n) is 5.11. The summed E-state index contributed by atoms with van der Waals surface area (Å²) in [6.07, 6.45) is 1.11. The fourth-order valence-electron chi connectivity index (χ4n) is 1.34. The lowest BCUT2D eigenvalue weighted by Crippen LogP contribution is -2.01. The minimum atomic E-state index is -0.429. The van der Waals surface area contributed by atoms with Crippen molar-refractivity contribution in [3.8, 4) is 6.01 Å². The van der Waals surface area contributed by atoms with Crippen LogP contribution in [0.1, 0.15) is 21.3 Å². The monoisotopic (exact) mass is 253 g/mol. The normalized spacial score (nSPS) is 10.6. The van der Waals surface area contributed by atoms with E-state index in [-0.39, 0.29) is 11.7 Å². The van der Waals surface area contributed by atoms with Crippen LogP contribution in [0.4, 0.5) is 4.39 Å². The quantitative estimate of drug-likeness (QED) is 0.843. The molecular weight excluding hydrogens is 241 g/mol. The zero-order valence-corrected chi connectivity index (χ0v) is 10.6. The molecule has 4 nitrogen and oxygen atoms in total. The lowest BCUT2D eigenvalue weighted by Gasteiger charge is -2.03. The minimum absolute atomic E-state index is 0.189. The molecule has 0 aliphatic carbocycles. The number of hydrogen-bond acceptors (Lipinski definition) is 5. The molecule has 6 heteroatoms. The van der Waals surface area contributed by atoms with E-state index in [1.165, 1.54) is 0 Å². The van der Waals surface area contributed by atoms with Crippen LogP contribution in [0, 0.1) is 26.6 Å². The molecule has 2 heterocycles. The smallest absolute Gasteiger partial charge is 0.317 e. The molecule has 0 radical (unpaired) electrons. The molecule has 0 spiro atoms. The molecule has 0 aromatic carbocycles. The Labute approximate surface area is 103 Å². The summed E-state index contributed by atoms with van der Waals surface area (Å²) in [4.78, 5) is 13.0. The maximum absolute atomic E-state index is 12.9. The Bertz CT molecular complexity index is 542. The van der Waals surface area contributed by atoms with Gasteiger partial charge in [-0.2, -0.15) is 4.98 Å². The van der Waals surface area contributed by atoms with E-state index in [9.17, 15) is 4.39 Å². The van der Waals surface area contributed by atoms with Crippen LogP contribution in [0.5, 0.6) is 6.01 Å². The Kier molecular flexibility index (Phi) is 3.33. The Morgan fingerprint density at radius 3 is 2.59 bits per heavy atom. The van der Waals surface area contributed by atoms with Crippen LogP contribution >= 0.6 is 11.3 Å². The topological polar surface area (TPSA) is 47.9 Å². The largest absolute Gasteiger partial charge is 0.458 e. The third-order valence-corrected chi connectivity index (χ3v) is 3.28. The van der Waals surface area contributed by atoms with Gasteiger partial charge in [-0.25, -0.2) is 14.4 Å². The lowest BCUT2D eigenvalue weighted by atomic mass is 10.4. The molecule has 2 rings (SSSR count). The van der Waals surface area contributed by atoms with Crippen molar-refractivity contribution >= 4 is 11.3 Å². The minimum Gasteiger partial charge on any atom is -0.458 e. The van der Waals surface area contributed by atoms with Crippen molar-refractivity contribution < 1.29 is 9.13 Å². The van der Waals surface area contributed by atoms with Gasteiger partial charge in [0, 0.05) is 0 Å². The van der Waals surface area contributed by atoms with Gasteiger partial charge in [0.1, 0.15) is 6.61 Å². The summed E-state index contributed by atoms with van der Waals surface area (Å²) in [5.74, 6) is -0.429. The molecule has 0 amide bonds. The third-order valence-electron chi connectivity index (χ3n) is 2.23. The summed E-state index contributed by atoms with van der Waals surface area (Å²) in [6.45, 7) is 5.81. The Morgan fingerprint density at radius 1 is 1.24 bits per heavy atom. The standard InChI is InChI=1S/C11H12FN3OS/c1-6-9(12)4-13-11(15-6)16-5-10-7(2)14-8(3)17-10/h4H,5H2,1-3H3. The summed E-state index contributed by atoms with van der Waals surface area (Å²) in [7, 11) is 0. The molecule has 0 aliphatic rings. The molecule has 0 N–H and O–H groups in total. The molecule has 90 valence electrons. The van der Waals surface area contributed by atoms with Gasteiger partial charge in [-0.15, -0.1) is 11.3 Å². The van der Waals surface area contributed by atoms with Gasteiger partial charge in [0.2, 0.25) is 0 Å². The first-order chi connectivity index (χ1) is 8.06. The Hall–Kier alpha value is -1.56. The van der Waals surface area contributed by atoms with Crippen LogP contribution in [0.2, 0.25) is 0 Å². The maximum Gasteiger partial charge on any atom is 0.317 e. The number of hydrogen-bond donors (Lipinski definition) is 0. The number of halogens is 1.